The van der Waals surface area contributed by atoms with Crippen molar-refractivity contribution >= 4 is 5.91 Å². The van der Waals surface area contributed by atoms with Gasteiger partial charge in [0.15, 0.2) is 17.8 Å². The fourth-order valence-electron chi connectivity index (χ4n) is 2.05. The summed E-state index contributed by atoms with van der Waals surface area (Å²) in [6.07, 6.45) is 4.56. The summed E-state index contributed by atoms with van der Waals surface area (Å²) in [6.45, 7) is 1.60. The van der Waals surface area contributed by atoms with Crippen LogP contribution in [0, 0.1) is 5.82 Å². The van der Waals surface area contributed by atoms with Crippen LogP contribution >= 0.6 is 0 Å². The van der Waals surface area contributed by atoms with Crippen LogP contribution < -0.4 is 5.73 Å². The smallest absolute Gasteiger partial charge is 0.270 e. The molecule has 1 atom stereocenters. The van der Waals surface area contributed by atoms with Gasteiger partial charge in [0.1, 0.15) is 0 Å². The Bertz CT molecular complexity index is 430. The average molecular weight is 271 g/mol. The Kier molecular flexibility index (Phi) is 4.86. The second kappa shape index (κ2) is 6.63. The zero-order valence-electron chi connectivity index (χ0n) is 10.7. The molecule has 106 valence electrons. The molecule has 0 radical (unpaired) electrons. The van der Waals surface area contributed by atoms with Crippen molar-refractivity contribution in [1.82, 2.24) is 9.78 Å². The van der Waals surface area contributed by atoms with E-state index in [2.05, 4.69) is 5.10 Å². The lowest BCUT2D eigenvalue weighted by Crippen LogP contribution is -2.23. The Morgan fingerprint density at radius 3 is 3.16 bits per heavy atom. The Balaban J connectivity index is 1.75. The number of hydrogen-bond acceptors (Lipinski definition) is 4. The van der Waals surface area contributed by atoms with Crippen molar-refractivity contribution in [2.24, 2.45) is 5.73 Å². The number of amides is 1. The quantitative estimate of drug-likeness (QED) is 0.784. The van der Waals surface area contributed by atoms with E-state index in [-0.39, 0.29) is 12.0 Å². The summed E-state index contributed by atoms with van der Waals surface area (Å²) in [5, 5.41) is 3.78. The molecule has 0 aromatic carbocycles. The highest BCUT2D eigenvalue weighted by Crippen LogP contribution is 2.14. The second-order valence-electron chi connectivity index (χ2n) is 4.45. The van der Waals surface area contributed by atoms with Crippen LogP contribution in [0.25, 0.3) is 0 Å². The standard InChI is InChI=1S/C12H18FN3O3/c13-9-8-15-16(11(9)12(14)17)5-3-7-19-10-4-1-2-6-18-10/h8,10H,1-7H2,(H2,14,17). The van der Waals surface area contributed by atoms with E-state index in [0.717, 1.165) is 32.1 Å². The van der Waals surface area contributed by atoms with Crippen LogP contribution in [-0.2, 0) is 16.0 Å². The van der Waals surface area contributed by atoms with Crippen LogP contribution in [0.3, 0.4) is 0 Å². The maximum absolute atomic E-state index is 13.2. The molecular formula is C12H18FN3O3. The summed E-state index contributed by atoms with van der Waals surface area (Å²) in [4.78, 5) is 11.1. The number of primary amides is 1. The lowest BCUT2D eigenvalue weighted by molar-refractivity contribution is -0.163. The first-order chi connectivity index (χ1) is 9.18. The summed E-state index contributed by atoms with van der Waals surface area (Å²) >= 11 is 0. The van der Waals surface area contributed by atoms with Gasteiger partial charge in [0.05, 0.1) is 12.8 Å². The molecule has 2 heterocycles. The fourth-order valence-corrected chi connectivity index (χ4v) is 2.05. The SMILES string of the molecule is NC(=O)c1c(F)cnn1CCCOC1CCCCO1. The third-order valence-electron chi connectivity index (χ3n) is 2.98. The van der Waals surface area contributed by atoms with Crippen molar-refractivity contribution in [2.75, 3.05) is 13.2 Å². The molecule has 1 aliphatic rings. The number of hydrogen-bond donors (Lipinski definition) is 1. The zero-order valence-corrected chi connectivity index (χ0v) is 10.7. The van der Waals surface area contributed by atoms with E-state index < -0.39 is 11.7 Å². The van der Waals surface area contributed by atoms with Crippen molar-refractivity contribution in [3.05, 3.63) is 17.7 Å². The highest BCUT2D eigenvalue weighted by molar-refractivity contribution is 5.91. The summed E-state index contributed by atoms with van der Waals surface area (Å²) in [6, 6.07) is 0. The first-order valence-corrected chi connectivity index (χ1v) is 6.43. The number of rotatable bonds is 6. The van der Waals surface area contributed by atoms with Crippen LogP contribution in [0.5, 0.6) is 0 Å². The molecule has 2 rings (SSSR count). The van der Waals surface area contributed by atoms with Gasteiger partial charge in [-0.1, -0.05) is 0 Å². The number of nitrogens with two attached hydrogens (primary N) is 1. The third-order valence-corrected chi connectivity index (χ3v) is 2.98. The number of ether oxygens (including phenoxy) is 2. The van der Waals surface area contributed by atoms with Crippen molar-refractivity contribution in [1.29, 1.82) is 0 Å². The minimum Gasteiger partial charge on any atom is -0.364 e. The molecule has 1 saturated heterocycles. The van der Waals surface area contributed by atoms with Crippen molar-refractivity contribution in [3.63, 3.8) is 0 Å². The van der Waals surface area contributed by atoms with Gasteiger partial charge in [-0.15, -0.1) is 0 Å². The summed E-state index contributed by atoms with van der Waals surface area (Å²) in [5.41, 5.74) is 4.90. The molecule has 0 spiro atoms. The largest absolute Gasteiger partial charge is 0.364 e. The second-order valence-corrected chi connectivity index (χ2v) is 4.45. The molecule has 0 saturated carbocycles. The van der Waals surface area contributed by atoms with Crippen LogP contribution in [0.1, 0.15) is 36.2 Å². The number of carbonyl (C=O) groups is 1. The monoisotopic (exact) mass is 271 g/mol. The van der Waals surface area contributed by atoms with Crippen LogP contribution in [0.15, 0.2) is 6.20 Å². The van der Waals surface area contributed by atoms with Gasteiger partial charge in [-0.2, -0.15) is 5.10 Å². The molecule has 6 nitrogen and oxygen atoms in total. The molecule has 2 N–H and O–H groups in total. The Morgan fingerprint density at radius 1 is 1.63 bits per heavy atom. The van der Waals surface area contributed by atoms with Gasteiger partial charge in [-0.05, 0) is 25.7 Å². The van der Waals surface area contributed by atoms with E-state index in [1.807, 2.05) is 0 Å². The number of halogens is 1. The number of nitrogens with zero attached hydrogens (tertiary/aromatic N) is 2. The minimum atomic E-state index is -0.813. The zero-order chi connectivity index (χ0) is 13.7. The molecule has 1 aliphatic heterocycles. The number of aromatic nitrogens is 2. The van der Waals surface area contributed by atoms with Gasteiger partial charge in [-0.3, -0.25) is 9.48 Å². The fraction of sp³-hybridized carbons (Fsp3) is 0.667. The molecule has 1 unspecified atom stereocenters. The van der Waals surface area contributed by atoms with Crippen molar-refractivity contribution in [2.45, 2.75) is 38.5 Å². The normalized spacial score (nSPS) is 19.5. The van der Waals surface area contributed by atoms with Gasteiger partial charge in [-0.25, -0.2) is 4.39 Å². The van der Waals surface area contributed by atoms with E-state index in [0.29, 0.717) is 19.6 Å². The van der Waals surface area contributed by atoms with Gasteiger partial charge in [0, 0.05) is 13.2 Å². The van der Waals surface area contributed by atoms with Crippen LogP contribution in [0.4, 0.5) is 4.39 Å². The molecule has 1 fully saturated rings. The van der Waals surface area contributed by atoms with Crippen LogP contribution in [0.2, 0.25) is 0 Å². The maximum Gasteiger partial charge on any atom is 0.270 e. The molecule has 1 aromatic heterocycles. The first kappa shape index (κ1) is 14.0. The Labute approximate surface area is 110 Å². The first-order valence-electron chi connectivity index (χ1n) is 6.43. The molecule has 19 heavy (non-hydrogen) atoms. The van der Waals surface area contributed by atoms with Gasteiger partial charge in [0.2, 0.25) is 0 Å². The molecule has 0 aliphatic carbocycles. The Hall–Kier alpha value is -1.47. The molecule has 1 amide bonds. The summed E-state index contributed by atoms with van der Waals surface area (Å²) in [7, 11) is 0. The predicted octanol–water partition coefficient (Wildman–Crippen LogP) is 1.05. The Morgan fingerprint density at radius 2 is 2.47 bits per heavy atom. The van der Waals surface area contributed by atoms with Crippen LogP contribution in [-0.4, -0.2) is 35.2 Å². The highest BCUT2D eigenvalue weighted by atomic mass is 19.1. The van der Waals surface area contributed by atoms with Gasteiger partial charge < -0.3 is 15.2 Å². The minimum absolute atomic E-state index is 0.140. The molecule has 7 heteroatoms. The van der Waals surface area contributed by atoms with E-state index >= 15 is 0 Å². The highest BCUT2D eigenvalue weighted by Gasteiger charge is 2.16. The van der Waals surface area contributed by atoms with E-state index in [4.69, 9.17) is 15.2 Å². The summed E-state index contributed by atoms with van der Waals surface area (Å²) in [5.74, 6) is -1.50. The molecule has 1 aromatic rings. The van der Waals surface area contributed by atoms with Gasteiger partial charge >= 0.3 is 0 Å². The molecule has 0 bridgehead atoms. The molecular weight excluding hydrogens is 253 g/mol. The third kappa shape index (κ3) is 3.74. The summed E-state index contributed by atoms with van der Waals surface area (Å²) < 4.78 is 25.4. The maximum atomic E-state index is 13.2. The van der Waals surface area contributed by atoms with Crippen molar-refractivity contribution in [3.8, 4) is 0 Å². The van der Waals surface area contributed by atoms with E-state index in [9.17, 15) is 9.18 Å². The number of carbonyl (C=O) groups excluding carboxylic acids is 1. The lowest BCUT2D eigenvalue weighted by atomic mass is 10.2. The van der Waals surface area contributed by atoms with E-state index in [1.54, 1.807) is 0 Å². The van der Waals surface area contributed by atoms with Gasteiger partial charge in [0.25, 0.3) is 5.91 Å². The average Bonchev–Trinajstić information content (AvgIpc) is 2.77. The van der Waals surface area contributed by atoms with Crippen molar-refractivity contribution < 1.29 is 18.7 Å². The number of aryl methyl sites for hydroxylation is 1. The van der Waals surface area contributed by atoms with E-state index in [1.165, 1.54) is 4.68 Å². The lowest BCUT2D eigenvalue weighted by Gasteiger charge is -2.22. The predicted molar refractivity (Wildman–Crippen MR) is 64.9 cm³/mol. The topological polar surface area (TPSA) is 79.4 Å².